The van der Waals surface area contributed by atoms with Gasteiger partial charge in [-0.1, -0.05) is 18.1 Å². The largest absolute Gasteiger partial charge is 0.416 e. The highest BCUT2D eigenvalue weighted by molar-refractivity contribution is 6.04. The van der Waals surface area contributed by atoms with Gasteiger partial charge in [-0.05, 0) is 86.8 Å². The zero-order chi connectivity index (χ0) is 30.0. The summed E-state index contributed by atoms with van der Waals surface area (Å²) in [5.41, 5.74) is 3.45. The molecule has 0 radical (unpaired) electrons. The summed E-state index contributed by atoms with van der Waals surface area (Å²) in [4.78, 5) is 24.3. The number of pyridine rings is 1. The van der Waals surface area contributed by atoms with Gasteiger partial charge < -0.3 is 14.8 Å². The van der Waals surface area contributed by atoms with Crippen LogP contribution in [0.25, 0.3) is 11.3 Å². The maximum atomic E-state index is 13.9. The molecule has 0 bridgehead atoms. The Balaban J connectivity index is 1.23. The fourth-order valence-electron chi connectivity index (χ4n) is 5.17. The number of nitrogens with zero attached hydrogens (tertiary/aromatic N) is 5. The number of carbonyl (C=O) groups excluding carboxylic acids is 1. The van der Waals surface area contributed by atoms with E-state index in [2.05, 4.69) is 32.0 Å². The summed E-state index contributed by atoms with van der Waals surface area (Å²) in [5.74, 6) is 5.66. The molecule has 0 atom stereocenters. The van der Waals surface area contributed by atoms with Crippen molar-refractivity contribution in [2.45, 2.75) is 32.4 Å². The van der Waals surface area contributed by atoms with Gasteiger partial charge in [-0.3, -0.25) is 9.20 Å². The van der Waals surface area contributed by atoms with Crippen LogP contribution in [0.15, 0.2) is 79.5 Å². The summed E-state index contributed by atoms with van der Waals surface area (Å²) >= 11 is 0. The van der Waals surface area contributed by atoms with Crippen LogP contribution in [0.4, 0.5) is 18.9 Å². The second-order valence-electron chi connectivity index (χ2n) is 10.6. The molecule has 0 unspecified atom stereocenters. The Morgan fingerprint density at radius 2 is 1.86 bits per heavy atom. The van der Waals surface area contributed by atoms with Gasteiger partial charge in [-0.2, -0.15) is 13.2 Å². The van der Waals surface area contributed by atoms with Crippen LogP contribution in [-0.4, -0.2) is 49.4 Å². The van der Waals surface area contributed by atoms with Crippen LogP contribution in [0.2, 0.25) is 0 Å². The number of fused-ring (bicyclic) bond motifs is 1. The molecule has 7 nitrogen and oxygen atoms in total. The first-order chi connectivity index (χ1) is 20.7. The highest BCUT2D eigenvalue weighted by Crippen LogP contribution is 2.33. The molecular formula is C33H29F3N6O. The standard InChI is InChI=1S/C33H29F3N6O/c1-23-7-8-25(16-24(23)9-10-29-20-37-31-6-2-3-14-42(29)31)32(43)39-28-17-26(33(34,35)36)18-30(19-28)41-21-27(38-22-41)11-15-40-12-4-5-13-40/h2-3,6-8,14,16-22H,4-5,11-13,15H2,1H3,(H,39,43). The lowest BCUT2D eigenvalue weighted by molar-refractivity contribution is -0.137. The molecule has 5 aromatic rings. The fourth-order valence-corrected chi connectivity index (χ4v) is 5.17. The molecule has 1 fully saturated rings. The molecule has 1 saturated heterocycles. The van der Waals surface area contributed by atoms with E-state index in [1.807, 2.05) is 35.7 Å². The van der Waals surface area contributed by atoms with E-state index >= 15 is 0 Å². The molecule has 3 aromatic heterocycles. The normalized spacial score (nSPS) is 13.7. The first-order valence-electron chi connectivity index (χ1n) is 14.1. The van der Waals surface area contributed by atoms with E-state index in [0.29, 0.717) is 17.7 Å². The molecule has 10 heteroatoms. The molecule has 1 amide bonds. The van der Waals surface area contributed by atoms with Crippen molar-refractivity contribution in [3.63, 3.8) is 0 Å². The van der Waals surface area contributed by atoms with Gasteiger partial charge in [-0.25, -0.2) is 9.97 Å². The number of carbonyl (C=O) groups is 1. The lowest BCUT2D eigenvalue weighted by Gasteiger charge is -2.14. The second kappa shape index (κ2) is 11.8. The fraction of sp³-hybridized carbons (Fsp3) is 0.242. The number of aromatic nitrogens is 4. The van der Waals surface area contributed by atoms with Crippen LogP contribution < -0.4 is 5.32 Å². The molecule has 1 aliphatic heterocycles. The number of aryl methyl sites for hydroxylation is 1. The van der Waals surface area contributed by atoms with Crippen molar-refractivity contribution in [3.8, 4) is 17.5 Å². The van der Waals surface area contributed by atoms with Crippen molar-refractivity contribution >= 4 is 17.2 Å². The van der Waals surface area contributed by atoms with Crippen molar-refractivity contribution in [1.29, 1.82) is 0 Å². The average molecular weight is 583 g/mol. The zero-order valence-electron chi connectivity index (χ0n) is 23.5. The maximum absolute atomic E-state index is 13.9. The quantitative estimate of drug-likeness (QED) is 0.245. The number of nitrogens with one attached hydrogen (secondary N) is 1. The highest BCUT2D eigenvalue weighted by atomic mass is 19.4. The number of halogens is 3. The number of alkyl halides is 3. The summed E-state index contributed by atoms with van der Waals surface area (Å²) in [5, 5.41) is 2.65. The maximum Gasteiger partial charge on any atom is 0.416 e. The number of hydrogen-bond donors (Lipinski definition) is 1. The van der Waals surface area contributed by atoms with E-state index in [1.54, 1.807) is 35.2 Å². The van der Waals surface area contributed by atoms with Crippen LogP contribution in [0.3, 0.4) is 0 Å². The molecule has 6 rings (SSSR count). The predicted molar refractivity (Wildman–Crippen MR) is 158 cm³/mol. The second-order valence-corrected chi connectivity index (χ2v) is 10.6. The summed E-state index contributed by atoms with van der Waals surface area (Å²) in [6, 6.07) is 14.2. The number of hydrogen-bond acceptors (Lipinski definition) is 4. The van der Waals surface area contributed by atoms with Gasteiger partial charge >= 0.3 is 6.18 Å². The van der Waals surface area contributed by atoms with Crippen LogP contribution in [0.1, 0.15) is 51.3 Å². The van der Waals surface area contributed by atoms with E-state index in [0.717, 1.165) is 48.7 Å². The van der Waals surface area contributed by atoms with Gasteiger partial charge in [0.15, 0.2) is 0 Å². The van der Waals surface area contributed by atoms with E-state index in [9.17, 15) is 18.0 Å². The van der Waals surface area contributed by atoms with Crippen LogP contribution >= 0.6 is 0 Å². The molecule has 1 aliphatic rings. The van der Waals surface area contributed by atoms with Crippen molar-refractivity contribution in [1.82, 2.24) is 23.8 Å². The molecule has 1 N–H and O–H groups in total. The Bertz CT molecular complexity index is 1850. The Morgan fingerprint density at radius 3 is 2.67 bits per heavy atom. The topological polar surface area (TPSA) is 67.5 Å². The Morgan fingerprint density at radius 1 is 1.02 bits per heavy atom. The number of amides is 1. The molecule has 218 valence electrons. The average Bonchev–Trinajstić information content (AvgIpc) is 3.77. The Kier molecular flexibility index (Phi) is 7.74. The molecule has 0 saturated carbocycles. The lowest BCUT2D eigenvalue weighted by atomic mass is 10.0. The minimum Gasteiger partial charge on any atom is -0.322 e. The number of likely N-dealkylation sites (tertiary alicyclic amines) is 1. The van der Waals surface area contributed by atoms with Gasteiger partial charge in [0, 0.05) is 47.9 Å². The third-order valence-electron chi connectivity index (χ3n) is 7.56. The molecule has 2 aromatic carbocycles. The minimum atomic E-state index is -4.60. The smallest absolute Gasteiger partial charge is 0.322 e. The van der Waals surface area contributed by atoms with Crippen molar-refractivity contribution in [3.05, 3.63) is 113 Å². The van der Waals surface area contributed by atoms with E-state index in [1.165, 1.54) is 25.2 Å². The van der Waals surface area contributed by atoms with Gasteiger partial charge in [-0.15, -0.1) is 0 Å². The highest BCUT2D eigenvalue weighted by Gasteiger charge is 2.31. The van der Waals surface area contributed by atoms with Crippen LogP contribution in [0.5, 0.6) is 0 Å². The first kappa shape index (κ1) is 28.2. The van der Waals surface area contributed by atoms with Crippen molar-refractivity contribution in [2.24, 2.45) is 0 Å². The van der Waals surface area contributed by atoms with Gasteiger partial charge in [0.25, 0.3) is 5.91 Å². The summed E-state index contributed by atoms with van der Waals surface area (Å²) in [7, 11) is 0. The molecule has 0 spiro atoms. The van der Waals surface area contributed by atoms with E-state index in [4.69, 9.17) is 0 Å². The van der Waals surface area contributed by atoms with E-state index < -0.39 is 17.6 Å². The first-order valence-corrected chi connectivity index (χ1v) is 14.1. The monoisotopic (exact) mass is 582 g/mol. The van der Waals surface area contributed by atoms with Crippen molar-refractivity contribution in [2.75, 3.05) is 25.0 Å². The third-order valence-corrected chi connectivity index (χ3v) is 7.56. The molecular weight excluding hydrogens is 553 g/mol. The Labute approximate surface area is 247 Å². The number of benzene rings is 2. The number of anilines is 1. The molecule has 4 heterocycles. The summed E-state index contributed by atoms with van der Waals surface area (Å²) in [6.07, 6.45) is 5.29. The SMILES string of the molecule is Cc1ccc(C(=O)Nc2cc(-n3cnc(CCN4CCCC4)c3)cc(C(F)(F)F)c2)cc1C#Cc1cnc2ccccn12. The van der Waals surface area contributed by atoms with Gasteiger partial charge in [0.1, 0.15) is 11.3 Å². The van der Waals surface area contributed by atoms with Gasteiger partial charge in [0.2, 0.25) is 0 Å². The third kappa shape index (κ3) is 6.47. The number of imidazole rings is 2. The minimum absolute atomic E-state index is 0.0288. The van der Waals surface area contributed by atoms with Crippen molar-refractivity contribution < 1.29 is 18.0 Å². The molecule has 0 aliphatic carbocycles. The van der Waals surface area contributed by atoms with Crippen LogP contribution in [0, 0.1) is 18.8 Å². The number of rotatable bonds is 6. The van der Waals surface area contributed by atoms with Crippen LogP contribution in [-0.2, 0) is 12.6 Å². The Hall–Kier alpha value is -4.88. The molecule has 43 heavy (non-hydrogen) atoms. The summed E-state index contributed by atoms with van der Waals surface area (Å²) < 4.78 is 45.0. The lowest BCUT2D eigenvalue weighted by Crippen LogP contribution is -2.22. The summed E-state index contributed by atoms with van der Waals surface area (Å²) in [6.45, 7) is 4.87. The van der Waals surface area contributed by atoms with E-state index in [-0.39, 0.29) is 16.9 Å². The zero-order valence-corrected chi connectivity index (χ0v) is 23.5. The predicted octanol–water partition coefficient (Wildman–Crippen LogP) is 6.14. The van der Waals surface area contributed by atoms with Gasteiger partial charge in [0.05, 0.1) is 23.8 Å².